The molecular formula is C19H23FN2O4S. The van der Waals surface area contributed by atoms with Gasteiger partial charge in [-0.05, 0) is 49.0 Å². The predicted molar refractivity (Wildman–Crippen MR) is 100 cm³/mol. The van der Waals surface area contributed by atoms with Gasteiger partial charge in [0, 0.05) is 25.7 Å². The number of benzene rings is 2. The zero-order valence-corrected chi connectivity index (χ0v) is 16.4. The van der Waals surface area contributed by atoms with E-state index in [9.17, 15) is 12.8 Å². The molecule has 0 bridgehead atoms. The minimum absolute atomic E-state index is 0.0968. The first-order chi connectivity index (χ1) is 12.9. The maximum atomic E-state index is 13.1. The van der Waals surface area contributed by atoms with E-state index in [0.29, 0.717) is 31.1 Å². The first-order valence-corrected chi connectivity index (χ1v) is 9.98. The van der Waals surface area contributed by atoms with Crippen LogP contribution in [0.15, 0.2) is 47.4 Å². The summed E-state index contributed by atoms with van der Waals surface area (Å²) in [6.45, 7) is 1.26. The molecule has 2 aromatic rings. The van der Waals surface area contributed by atoms with Crippen LogP contribution in [0.2, 0.25) is 0 Å². The molecule has 146 valence electrons. The molecule has 8 heteroatoms. The number of hydrogen-bond donors (Lipinski definition) is 0. The van der Waals surface area contributed by atoms with Crippen molar-refractivity contribution in [1.82, 2.24) is 9.21 Å². The van der Waals surface area contributed by atoms with Crippen molar-refractivity contribution >= 4 is 10.0 Å². The van der Waals surface area contributed by atoms with Crippen molar-refractivity contribution < 1.29 is 22.3 Å². The van der Waals surface area contributed by atoms with Gasteiger partial charge < -0.3 is 9.47 Å². The molecule has 1 unspecified atom stereocenters. The lowest BCUT2D eigenvalue weighted by Gasteiger charge is -2.39. The summed E-state index contributed by atoms with van der Waals surface area (Å²) < 4.78 is 51.1. The number of rotatable bonds is 5. The topological polar surface area (TPSA) is 59.1 Å². The number of likely N-dealkylation sites (N-methyl/N-ethyl adjacent to an activating group) is 1. The Morgan fingerprint density at radius 1 is 1.00 bits per heavy atom. The molecule has 1 atom stereocenters. The van der Waals surface area contributed by atoms with E-state index in [2.05, 4.69) is 4.90 Å². The first-order valence-electron chi connectivity index (χ1n) is 8.54. The second-order valence-electron chi connectivity index (χ2n) is 6.43. The quantitative estimate of drug-likeness (QED) is 0.780. The van der Waals surface area contributed by atoms with Gasteiger partial charge in [-0.15, -0.1) is 0 Å². The summed E-state index contributed by atoms with van der Waals surface area (Å²) in [4.78, 5) is 2.21. The summed E-state index contributed by atoms with van der Waals surface area (Å²) >= 11 is 0. The van der Waals surface area contributed by atoms with E-state index >= 15 is 0 Å². The number of nitrogens with zero attached hydrogens (tertiary/aromatic N) is 2. The molecule has 0 aliphatic carbocycles. The molecule has 0 amide bonds. The summed E-state index contributed by atoms with van der Waals surface area (Å²) in [5.41, 5.74) is 0.939. The average Bonchev–Trinajstić information content (AvgIpc) is 2.68. The Hall–Kier alpha value is -2.16. The highest BCUT2D eigenvalue weighted by atomic mass is 32.2. The van der Waals surface area contributed by atoms with Crippen LogP contribution in [0.5, 0.6) is 11.5 Å². The fourth-order valence-corrected chi connectivity index (χ4v) is 4.68. The Balaban J connectivity index is 1.89. The molecule has 1 heterocycles. The van der Waals surface area contributed by atoms with Gasteiger partial charge in [-0.3, -0.25) is 4.90 Å². The van der Waals surface area contributed by atoms with Crippen molar-refractivity contribution in [2.75, 3.05) is 40.9 Å². The second kappa shape index (κ2) is 7.84. The lowest BCUT2D eigenvalue weighted by atomic mass is 10.0. The van der Waals surface area contributed by atoms with Gasteiger partial charge in [0.2, 0.25) is 10.0 Å². The van der Waals surface area contributed by atoms with Crippen LogP contribution in [0.4, 0.5) is 4.39 Å². The number of hydrogen-bond acceptors (Lipinski definition) is 5. The third-order valence-electron chi connectivity index (χ3n) is 4.85. The fraction of sp³-hybridized carbons (Fsp3) is 0.368. The van der Waals surface area contributed by atoms with Gasteiger partial charge in [-0.25, -0.2) is 12.8 Å². The van der Waals surface area contributed by atoms with Crippen LogP contribution in [0.3, 0.4) is 0 Å². The standard InChI is InChI=1S/C19H23FN2O4S/c1-21-10-11-22(27(23,24)16-7-5-15(20)6-8-16)13-17(21)14-4-9-18(25-2)19(12-14)26-3/h4-9,12,17H,10-11,13H2,1-3H3. The van der Waals surface area contributed by atoms with Gasteiger partial charge in [0.15, 0.2) is 11.5 Å². The van der Waals surface area contributed by atoms with Crippen molar-refractivity contribution in [3.8, 4) is 11.5 Å². The lowest BCUT2D eigenvalue weighted by Crippen LogP contribution is -2.48. The second-order valence-corrected chi connectivity index (χ2v) is 8.37. The smallest absolute Gasteiger partial charge is 0.243 e. The van der Waals surface area contributed by atoms with Crippen LogP contribution >= 0.6 is 0 Å². The third-order valence-corrected chi connectivity index (χ3v) is 6.73. The minimum Gasteiger partial charge on any atom is -0.493 e. The summed E-state index contributed by atoms with van der Waals surface area (Å²) in [5, 5.41) is 0. The number of sulfonamides is 1. The van der Waals surface area contributed by atoms with Gasteiger partial charge in [0.1, 0.15) is 5.82 Å². The third kappa shape index (κ3) is 3.92. The highest BCUT2D eigenvalue weighted by molar-refractivity contribution is 7.89. The van der Waals surface area contributed by atoms with Crippen LogP contribution in [0.1, 0.15) is 11.6 Å². The van der Waals surface area contributed by atoms with E-state index in [1.165, 1.54) is 16.4 Å². The van der Waals surface area contributed by atoms with E-state index in [4.69, 9.17) is 9.47 Å². The van der Waals surface area contributed by atoms with Gasteiger partial charge >= 0.3 is 0 Å². The van der Waals surface area contributed by atoms with E-state index in [1.807, 2.05) is 25.2 Å². The lowest BCUT2D eigenvalue weighted by molar-refractivity contribution is 0.148. The van der Waals surface area contributed by atoms with E-state index in [1.54, 1.807) is 14.2 Å². The summed E-state index contributed by atoms with van der Waals surface area (Å²) in [6.07, 6.45) is 0. The molecule has 6 nitrogen and oxygen atoms in total. The van der Waals surface area contributed by atoms with Gasteiger partial charge in [0.25, 0.3) is 0 Å². The molecule has 1 saturated heterocycles. The van der Waals surface area contributed by atoms with Crippen LogP contribution in [0, 0.1) is 5.82 Å². The maximum Gasteiger partial charge on any atom is 0.243 e. The van der Waals surface area contributed by atoms with Crippen LogP contribution in [0.25, 0.3) is 0 Å². The zero-order valence-electron chi connectivity index (χ0n) is 15.6. The highest BCUT2D eigenvalue weighted by Crippen LogP contribution is 2.34. The largest absolute Gasteiger partial charge is 0.493 e. The average molecular weight is 394 g/mol. The van der Waals surface area contributed by atoms with Gasteiger partial charge in [0.05, 0.1) is 19.1 Å². The van der Waals surface area contributed by atoms with Crippen LogP contribution in [-0.4, -0.2) is 58.5 Å². The Morgan fingerprint density at radius 3 is 2.30 bits per heavy atom. The number of ether oxygens (including phenoxy) is 2. The Labute approximate surface area is 159 Å². The van der Waals surface area contributed by atoms with Crippen LogP contribution in [-0.2, 0) is 10.0 Å². The zero-order chi connectivity index (χ0) is 19.6. The van der Waals surface area contributed by atoms with Crippen molar-refractivity contribution in [1.29, 1.82) is 0 Å². The molecule has 0 spiro atoms. The molecule has 0 saturated carbocycles. The molecular weight excluding hydrogens is 371 g/mol. The summed E-state index contributed by atoms with van der Waals surface area (Å²) in [7, 11) is 1.41. The first kappa shape index (κ1) is 19.6. The number of halogens is 1. The normalized spacial score (nSPS) is 19.0. The highest BCUT2D eigenvalue weighted by Gasteiger charge is 2.33. The van der Waals surface area contributed by atoms with Gasteiger partial charge in [-0.2, -0.15) is 4.31 Å². The van der Waals surface area contributed by atoms with Crippen molar-refractivity contribution in [3.05, 3.63) is 53.8 Å². The molecule has 27 heavy (non-hydrogen) atoms. The molecule has 1 aliphatic heterocycles. The molecule has 2 aromatic carbocycles. The Morgan fingerprint density at radius 2 is 1.67 bits per heavy atom. The van der Waals surface area contributed by atoms with E-state index in [0.717, 1.165) is 17.7 Å². The van der Waals surface area contributed by atoms with Gasteiger partial charge in [-0.1, -0.05) is 6.07 Å². The van der Waals surface area contributed by atoms with Crippen molar-refractivity contribution in [2.24, 2.45) is 0 Å². The fourth-order valence-electron chi connectivity index (χ4n) is 3.24. The monoisotopic (exact) mass is 394 g/mol. The minimum atomic E-state index is -3.69. The Bertz CT molecular complexity index is 902. The summed E-state index contributed by atoms with van der Waals surface area (Å²) in [5.74, 6) is 0.757. The molecule has 3 rings (SSSR count). The SMILES string of the molecule is COc1ccc(C2CN(S(=O)(=O)c3ccc(F)cc3)CCN2C)cc1OC. The molecule has 0 radical (unpaired) electrons. The maximum absolute atomic E-state index is 13.1. The van der Waals surface area contributed by atoms with Crippen molar-refractivity contribution in [3.63, 3.8) is 0 Å². The Kier molecular flexibility index (Phi) is 5.69. The van der Waals surface area contributed by atoms with E-state index in [-0.39, 0.29) is 10.9 Å². The summed E-state index contributed by atoms with van der Waals surface area (Å²) in [6, 6.07) is 10.4. The van der Waals surface area contributed by atoms with Crippen molar-refractivity contribution in [2.45, 2.75) is 10.9 Å². The number of piperazine rings is 1. The van der Waals surface area contributed by atoms with Crippen LogP contribution < -0.4 is 9.47 Å². The number of methoxy groups -OCH3 is 2. The molecule has 0 aromatic heterocycles. The predicted octanol–water partition coefficient (Wildman–Crippen LogP) is 2.52. The molecule has 0 N–H and O–H groups in total. The molecule has 1 fully saturated rings. The molecule has 1 aliphatic rings. The van der Waals surface area contributed by atoms with E-state index < -0.39 is 15.8 Å².